The monoisotopic (exact) mass is 373 g/mol. The van der Waals surface area contributed by atoms with Crippen molar-refractivity contribution in [1.29, 1.82) is 0 Å². The number of amides is 1. The van der Waals surface area contributed by atoms with Crippen LogP contribution in [0.15, 0.2) is 17.8 Å². The highest BCUT2D eigenvalue weighted by atomic mass is 32.1. The van der Waals surface area contributed by atoms with Gasteiger partial charge in [0.1, 0.15) is 23.0 Å². The first kappa shape index (κ1) is 17.7. The lowest BCUT2D eigenvalue weighted by molar-refractivity contribution is -0.123. The van der Waals surface area contributed by atoms with Gasteiger partial charge in [0.05, 0.1) is 5.39 Å². The molecule has 2 aromatic rings. The Labute approximate surface area is 158 Å². The summed E-state index contributed by atoms with van der Waals surface area (Å²) in [6, 6.07) is 2.83. The van der Waals surface area contributed by atoms with Crippen molar-refractivity contribution in [3.05, 3.63) is 17.8 Å². The molecule has 4 heterocycles. The van der Waals surface area contributed by atoms with E-state index in [-0.39, 0.29) is 11.9 Å². The van der Waals surface area contributed by atoms with Crippen LogP contribution >= 0.6 is 11.3 Å². The molecule has 0 radical (unpaired) electrons. The van der Waals surface area contributed by atoms with Gasteiger partial charge in [-0.3, -0.25) is 4.79 Å². The van der Waals surface area contributed by atoms with E-state index in [4.69, 9.17) is 0 Å². The Morgan fingerprint density at radius 2 is 2.04 bits per heavy atom. The fourth-order valence-electron chi connectivity index (χ4n) is 4.16. The van der Waals surface area contributed by atoms with Crippen molar-refractivity contribution in [1.82, 2.24) is 20.2 Å². The molecule has 1 atom stereocenters. The number of aromatic nitrogens is 2. The Balaban J connectivity index is 1.44. The molecule has 0 aromatic carbocycles. The Bertz CT molecular complexity index is 768. The highest BCUT2D eigenvalue weighted by Crippen LogP contribution is 2.31. The number of piperidine rings is 1. The Hall–Kier alpha value is -1.73. The summed E-state index contributed by atoms with van der Waals surface area (Å²) in [5.74, 6) is 1.07. The number of carbonyl (C=O) groups is 1. The topological polar surface area (TPSA) is 61.4 Å². The van der Waals surface area contributed by atoms with Gasteiger partial charge in [-0.05, 0) is 51.0 Å². The van der Waals surface area contributed by atoms with Crippen LogP contribution in [0.25, 0.3) is 10.2 Å². The maximum absolute atomic E-state index is 13.0. The number of anilines is 1. The first-order valence-electron chi connectivity index (χ1n) is 9.63. The number of nitrogens with one attached hydrogen (secondary N) is 1. The zero-order valence-electron chi connectivity index (χ0n) is 15.5. The number of fused-ring (bicyclic) bond motifs is 1. The van der Waals surface area contributed by atoms with Gasteiger partial charge in [0.2, 0.25) is 5.91 Å². The second-order valence-corrected chi connectivity index (χ2v) is 8.50. The number of hydrogen-bond acceptors (Lipinski definition) is 6. The molecule has 2 saturated heterocycles. The van der Waals surface area contributed by atoms with Crippen LogP contribution in [0, 0.1) is 0 Å². The molecule has 4 rings (SSSR count). The van der Waals surface area contributed by atoms with Gasteiger partial charge < -0.3 is 15.1 Å². The van der Waals surface area contributed by atoms with Crippen molar-refractivity contribution >= 4 is 33.3 Å². The van der Waals surface area contributed by atoms with Crippen molar-refractivity contribution in [2.24, 2.45) is 0 Å². The van der Waals surface area contributed by atoms with Crippen LogP contribution in [-0.2, 0) is 4.79 Å². The molecule has 26 heavy (non-hydrogen) atoms. The van der Waals surface area contributed by atoms with Crippen LogP contribution in [-0.4, -0.2) is 58.5 Å². The van der Waals surface area contributed by atoms with Crippen LogP contribution in [0.3, 0.4) is 0 Å². The maximum Gasteiger partial charge on any atom is 0.242 e. The van der Waals surface area contributed by atoms with Crippen molar-refractivity contribution in [2.75, 3.05) is 24.5 Å². The number of carbonyl (C=O) groups excluding carboxylic acids is 1. The van der Waals surface area contributed by atoms with E-state index in [1.807, 2.05) is 5.38 Å². The van der Waals surface area contributed by atoms with Crippen LogP contribution in [0.5, 0.6) is 0 Å². The van der Waals surface area contributed by atoms with Crippen molar-refractivity contribution < 1.29 is 4.79 Å². The number of rotatable bonds is 4. The molecular formula is C19H27N5OS. The lowest BCUT2D eigenvalue weighted by atomic mass is 10.0. The zero-order valence-corrected chi connectivity index (χ0v) is 16.3. The average Bonchev–Trinajstić information content (AvgIpc) is 3.31. The molecule has 1 unspecified atom stereocenters. The molecule has 2 aliphatic rings. The molecule has 1 amide bonds. The molecule has 0 saturated carbocycles. The number of hydrogen-bond donors (Lipinski definition) is 1. The molecule has 0 bridgehead atoms. The van der Waals surface area contributed by atoms with Crippen molar-refractivity contribution in [2.45, 2.75) is 57.7 Å². The van der Waals surface area contributed by atoms with E-state index in [0.717, 1.165) is 61.4 Å². The quantitative estimate of drug-likeness (QED) is 0.893. The fourth-order valence-corrected chi connectivity index (χ4v) is 4.88. The van der Waals surface area contributed by atoms with Gasteiger partial charge in [-0.15, -0.1) is 11.3 Å². The maximum atomic E-state index is 13.0. The van der Waals surface area contributed by atoms with E-state index in [1.165, 1.54) is 0 Å². The molecule has 2 aromatic heterocycles. The lowest BCUT2D eigenvalue weighted by Crippen LogP contribution is -2.51. The summed E-state index contributed by atoms with van der Waals surface area (Å²) in [6.45, 7) is 7.49. The molecule has 140 valence electrons. The molecule has 1 N–H and O–H groups in total. The van der Waals surface area contributed by atoms with Crippen LogP contribution in [0.1, 0.15) is 39.5 Å². The van der Waals surface area contributed by atoms with Gasteiger partial charge in [0, 0.05) is 31.7 Å². The first-order valence-corrected chi connectivity index (χ1v) is 10.5. The van der Waals surface area contributed by atoms with Gasteiger partial charge in [0.15, 0.2) is 0 Å². The van der Waals surface area contributed by atoms with Gasteiger partial charge in [-0.25, -0.2) is 9.97 Å². The second-order valence-electron chi connectivity index (χ2n) is 7.60. The normalized spacial score (nSPS) is 22.4. The van der Waals surface area contributed by atoms with Gasteiger partial charge in [-0.2, -0.15) is 0 Å². The summed E-state index contributed by atoms with van der Waals surface area (Å²) in [6.07, 6.45) is 5.62. The van der Waals surface area contributed by atoms with Crippen molar-refractivity contribution in [3.8, 4) is 0 Å². The second kappa shape index (κ2) is 7.48. The van der Waals surface area contributed by atoms with Crippen LogP contribution in [0.4, 0.5) is 5.82 Å². The smallest absolute Gasteiger partial charge is 0.242 e. The summed E-state index contributed by atoms with van der Waals surface area (Å²) in [5.41, 5.74) is 0. The number of likely N-dealkylation sites (tertiary alicyclic amines) is 1. The van der Waals surface area contributed by atoms with E-state index in [1.54, 1.807) is 17.7 Å². The molecule has 6 nitrogen and oxygen atoms in total. The van der Waals surface area contributed by atoms with Crippen LogP contribution in [0.2, 0.25) is 0 Å². The minimum Gasteiger partial charge on any atom is -0.351 e. The summed E-state index contributed by atoms with van der Waals surface area (Å²) >= 11 is 1.62. The third-order valence-electron chi connectivity index (χ3n) is 5.67. The third kappa shape index (κ3) is 3.42. The standard InChI is InChI=1S/C19H27N5OS/c1-13(2)23-9-5-14(6-10-23)22-18(25)16-4-3-8-24(16)17-15-7-11-26-19(15)21-12-20-17/h7,11-14,16H,3-6,8-10H2,1-2H3,(H,22,25). The van der Waals surface area contributed by atoms with E-state index in [0.29, 0.717) is 12.1 Å². The van der Waals surface area contributed by atoms with Crippen molar-refractivity contribution in [3.63, 3.8) is 0 Å². The molecule has 2 aliphatic heterocycles. The molecule has 2 fully saturated rings. The average molecular weight is 374 g/mol. The van der Waals surface area contributed by atoms with Gasteiger partial charge in [-0.1, -0.05) is 0 Å². The number of thiophene rings is 1. The summed E-state index contributed by atoms with van der Waals surface area (Å²) in [4.78, 5) is 27.5. The zero-order chi connectivity index (χ0) is 18.1. The SMILES string of the molecule is CC(C)N1CCC(NC(=O)C2CCCN2c2ncnc3sccc23)CC1. The molecule has 0 aliphatic carbocycles. The third-order valence-corrected chi connectivity index (χ3v) is 6.50. The lowest BCUT2D eigenvalue weighted by Gasteiger charge is -2.35. The summed E-state index contributed by atoms with van der Waals surface area (Å²) < 4.78 is 0. The van der Waals surface area contributed by atoms with E-state index in [9.17, 15) is 4.79 Å². The highest BCUT2D eigenvalue weighted by molar-refractivity contribution is 7.16. The molecule has 0 spiro atoms. The van der Waals surface area contributed by atoms with E-state index >= 15 is 0 Å². The predicted octanol–water partition coefficient (Wildman–Crippen LogP) is 2.65. The summed E-state index contributed by atoms with van der Waals surface area (Å²) in [7, 11) is 0. The minimum atomic E-state index is -0.115. The Morgan fingerprint density at radius 1 is 1.23 bits per heavy atom. The minimum absolute atomic E-state index is 0.115. The van der Waals surface area contributed by atoms with Gasteiger partial charge in [0.25, 0.3) is 0 Å². The van der Waals surface area contributed by atoms with E-state index in [2.05, 4.69) is 45.0 Å². The Kier molecular flexibility index (Phi) is 5.09. The molecule has 7 heteroatoms. The molecular weight excluding hydrogens is 346 g/mol. The largest absolute Gasteiger partial charge is 0.351 e. The van der Waals surface area contributed by atoms with E-state index < -0.39 is 0 Å². The fraction of sp³-hybridized carbons (Fsp3) is 0.632. The van der Waals surface area contributed by atoms with Crippen LogP contribution < -0.4 is 10.2 Å². The first-order chi connectivity index (χ1) is 12.6. The Morgan fingerprint density at radius 3 is 2.81 bits per heavy atom. The summed E-state index contributed by atoms with van der Waals surface area (Å²) in [5, 5.41) is 6.41. The highest BCUT2D eigenvalue weighted by Gasteiger charge is 2.34. The predicted molar refractivity (Wildman–Crippen MR) is 106 cm³/mol. The number of nitrogens with zero attached hydrogens (tertiary/aromatic N) is 4. The van der Waals surface area contributed by atoms with Gasteiger partial charge >= 0.3 is 0 Å².